The second kappa shape index (κ2) is 7.69. The molecule has 0 fully saturated rings. The lowest BCUT2D eigenvalue weighted by Gasteiger charge is -2.30. The average Bonchev–Trinajstić information content (AvgIpc) is 2.08. The van der Waals surface area contributed by atoms with E-state index in [-0.39, 0.29) is 0 Å². The van der Waals surface area contributed by atoms with Gasteiger partial charge in [-0.25, -0.2) is 0 Å². The van der Waals surface area contributed by atoms with Gasteiger partial charge in [-0.15, -0.1) is 0 Å². The Balaban J connectivity index is 3.59. The maximum Gasteiger partial charge on any atom is 0.303 e. The van der Waals surface area contributed by atoms with Gasteiger partial charge in [0.25, 0.3) is 0 Å². The molecule has 0 unspecified atom stereocenters. The predicted molar refractivity (Wildman–Crippen MR) is 63.1 cm³/mol. The van der Waals surface area contributed by atoms with Gasteiger partial charge < -0.3 is 5.11 Å². The Bertz CT molecular complexity index is 170. The number of unbranched alkanes of at least 4 members (excludes halogenated alkanes) is 2. The van der Waals surface area contributed by atoms with Crippen LogP contribution in [0.4, 0.5) is 0 Å². The van der Waals surface area contributed by atoms with Crippen molar-refractivity contribution in [1.29, 1.82) is 0 Å². The molecule has 90 valence electrons. The molecule has 3 nitrogen and oxygen atoms in total. The van der Waals surface area contributed by atoms with Gasteiger partial charge in [0.15, 0.2) is 0 Å². The summed E-state index contributed by atoms with van der Waals surface area (Å²) in [5.41, 5.74) is 0. The normalized spacial score (nSPS) is 11.7. The number of carbonyl (C=O) groups is 1. The number of carboxylic acids is 1. The molecule has 0 rings (SSSR count). The van der Waals surface area contributed by atoms with Crippen molar-refractivity contribution in [2.75, 3.05) is 6.54 Å². The third-order valence-electron chi connectivity index (χ3n) is 2.63. The summed E-state index contributed by atoms with van der Waals surface area (Å²) in [5.74, 6) is -0.681. The summed E-state index contributed by atoms with van der Waals surface area (Å²) >= 11 is 0. The fraction of sp³-hybridized carbons (Fsp3) is 0.917. The molecule has 0 saturated carbocycles. The first kappa shape index (κ1) is 14.4. The molecule has 1 N–H and O–H groups in total. The van der Waals surface area contributed by atoms with Gasteiger partial charge in [-0.2, -0.15) is 0 Å². The zero-order valence-corrected chi connectivity index (χ0v) is 10.5. The molecule has 0 bridgehead atoms. The van der Waals surface area contributed by atoms with Crippen LogP contribution in [0.1, 0.15) is 53.4 Å². The monoisotopic (exact) mass is 215 g/mol. The van der Waals surface area contributed by atoms with Crippen molar-refractivity contribution < 1.29 is 9.90 Å². The SMILES string of the molecule is CC(C)N(CCCCCC(=O)O)C(C)C. The standard InChI is InChI=1S/C12H25NO2/c1-10(2)13(11(3)4)9-7-5-6-8-12(14)15/h10-11H,5-9H2,1-4H3,(H,14,15). The molecule has 0 heterocycles. The Kier molecular flexibility index (Phi) is 7.39. The molecule has 0 radical (unpaired) electrons. The second-order valence-electron chi connectivity index (χ2n) is 4.63. The maximum absolute atomic E-state index is 10.3. The van der Waals surface area contributed by atoms with Crippen LogP contribution in [0, 0.1) is 0 Å². The highest BCUT2D eigenvalue weighted by Gasteiger charge is 2.12. The van der Waals surface area contributed by atoms with Crippen LogP contribution in [-0.2, 0) is 4.79 Å². The van der Waals surface area contributed by atoms with E-state index in [4.69, 9.17) is 5.11 Å². The van der Waals surface area contributed by atoms with Crippen molar-refractivity contribution in [3.63, 3.8) is 0 Å². The van der Waals surface area contributed by atoms with Crippen molar-refractivity contribution in [2.24, 2.45) is 0 Å². The Morgan fingerprint density at radius 2 is 1.60 bits per heavy atom. The molecule has 0 saturated heterocycles. The number of nitrogens with zero attached hydrogens (tertiary/aromatic N) is 1. The average molecular weight is 215 g/mol. The Morgan fingerprint density at radius 3 is 2.00 bits per heavy atom. The van der Waals surface area contributed by atoms with Crippen molar-refractivity contribution in [1.82, 2.24) is 4.90 Å². The Labute approximate surface area is 93.5 Å². The van der Waals surface area contributed by atoms with Crippen molar-refractivity contribution in [3.8, 4) is 0 Å². The molecule has 0 atom stereocenters. The van der Waals surface area contributed by atoms with Crippen LogP contribution in [0.2, 0.25) is 0 Å². The van der Waals surface area contributed by atoms with Gasteiger partial charge in [0.1, 0.15) is 0 Å². The van der Waals surface area contributed by atoms with Crippen LogP contribution in [-0.4, -0.2) is 34.6 Å². The minimum absolute atomic E-state index is 0.309. The summed E-state index contributed by atoms with van der Waals surface area (Å²) in [7, 11) is 0. The number of aliphatic carboxylic acids is 1. The Hall–Kier alpha value is -0.570. The molecule has 0 aliphatic carbocycles. The van der Waals surface area contributed by atoms with Gasteiger partial charge in [0.2, 0.25) is 0 Å². The first-order valence-corrected chi connectivity index (χ1v) is 5.92. The van der Waals surface area contributed by atoms with Crippen molar-refractivity contribution in [3.05, 3.63) is 0 Å². The Morgan fingerprint density at radius 1 is 1.07 bits per heavy atom. The molecule has 0 amide bonds. The van der Waals surface area contributed by atoms with Crippen LogP contribution < -0.4 is 0 Å². The topological polar surface area (TPSA) is 40.5 Å². The zero-order chi connectivity index (χ0) is 11.8. The fourth-order valence-corrected chi connectivity index (χ4v) is 1.86. The number of carboxylic acid groups (broad SMARTS) is 1. The third-order valence-corrected chi connectivity index (χ3v) is 2.63. The van der Waals surface area contributed by atoms with Gasteiger partial charge in [0, 0.05) is 18.5 Å². The van der Waals surface area contributed by atoms with E-state index in [0.717, 1.165) is 25.8 Å². The van der Waals surface area contributed by atoms with Crippen LogP contribution >= 0.6 is 0 Å². The molecule has 0 aromatic carbocycles. The highest BCUT2D eigenvalue weighted by molar-refractivity contribution is 5.66. The highest BCUT2D eigenvalue weighted by atomic mass is 16.4. The molecular formula is C12H25NO2. The molecule has 15 heavy (non-hydrogen) atoms. The predicted octanol–water partition coefficient (Wildman–Crippen LogP) is 2.75. The number of rotatable bonds is 8. The number of hydrogen-bond acceptors (Lipinski definition) is 2. The lowest BCUT2D eigenvalue weighted by atomic mass is 10.1. The molecule has 0 aliphatic heterocycles. The van der Waals surface area contributed by atoms with E-state index in [1.165, 1.54) is 0 Å². The van der Waals surface area contributed by atoms with Crippen molar-refractivity contribution >= 4 is 5.97 Å². The summed E-state index contributed by atoms with van der Waals surface area (Å²) in [4.78, 5) is 12.7. The molecule has 0 spiro atoms. The summed E-state index contributed by atoms with van der Waals surface area (Å²) in [6.07, 6.45) is 3.23. The van der Waals surface area contributed by atoms with Gasteiger partial charge in [-0.1, -0.05) is 6.42 Å². The fourth-order valence-electron chi connectivity index (χ4n) is 1.86. The quantitative estimate of drug-likeness (QED) is 0.633. The van der Waals surface area contributed by atoms with E-state index in [2.05, 4.69) is 32.6 Å². The third kappa shape index (κ3) is 7.37. The van der Waals surface area contributed by atoms with E-state index < -0.39 is 5.97 Å². The first-order chi connectivity index (χ1) is 6.95. The second-order valence-corrected chi connectivity index (χ2v) is 4.63. The lowest BCUT2D eigenvalue weighted by Crippen LogP contribution is -2.37. The van der Waals surface area contributed by atoms with Crippen molar-refractivity contribution in [2.45, 2.75) is 65.5 Å². The maximum atomic E-state index is 10.3. The summed E-state index contributed by atoms with van der Waals surface area (Å²) in [6.45, 7) is 9.90. The van der Waals surface area contributed by atoms with Gasteiger partial charge in [0.05, 0.1) is 0 Å². The van der Waals surface area contributed by atoms with Gasteiger partial charge >= 0.3 is 5.97 Å². The van der Waals surface area contributed by atoms with E-state index in [0.29, 0.717) is 18.5 Å². The molecule has 0 aromatic heterocycles. The van der Waals surface area contributed by atoms with E-state index in [1.807, 2.05) is 0 Å². The van der Waals surface area contributed by atoms with E-state index >= 15 is 0 Å². The first-order valence-electron chi connectivity index (χ1n) is 5.92. The summed E-state index contributed by atoms with van der Waals surface area (Å²) in [5, 5.41) is 8.49. The molecule has 3 heteroatoms. The smallest absolute Gasteiger partial charge is 0.303 e. The number of hydrogen-bond donors (Lipinski definition) is 1. The largest absolute Gasteiger partial charge is 0.481 e. The zero-order valence-electron chi connectivity index (χ0n) is 10.5. The summed E-state index contributed by atoms with van der Waals surface area (Å²) in [6, 6.07) is 1.15. The van der Waals surface area contributed by atoms with E-state index in [1.54, 1.807) is 0 Å². The summed E-state index contributed by atoms with van der Waals surface area (Å²) < 4.78 is 0. The lowest BCUT2D eigenvalue weighted by molar-refractivity contribution is -0.137. The van der Waals surface area contributed by atoms with Crippen LogP contribution in [0.3, 0.4) is 0 Å². The van der Waals surface area contributed by atoms with Crippen LogP contribution in [0.25, 0.3) is 0 Å². The van der Waals surface area contributed by atoms with Gasteiger partial charge in [-0.3, -0.25) is 9.69 Å². The highest BCUT2D eigenvalue weighted by Crippen LogP contribution is 2.08. The minimum atomic E-state index is -0.681. The minimum Gasteiger partial charge on any atom is -0.481 e. The van der Waals surface area contributed by atoms with Crippen LogP contribution in [0.15, 0.2) is 0 Å². The molecule has 0 aliphatic rings. The molecular weight excluding hydrogens is 190 g/mol. The van der Waals surface area contributed by atoms with E-state index in [9.17, 15) is 4.79 Å². The van der Waals surface area contributed by atoms with Gasteiger partial charge in [-0.05, 0) is 47.1 Å². The van der Waals surface area contributed by atoms with Crippen LogP contribution in [0.5, 0.6) is 0 Å². The molecule has 0 aromatic rings.